The number of nitrogens with zero attached hydrogens (tertiary/aromatic N) is 2. The third-order valence-electron chi connectivity index (χ3n) is 9.25. The van der Waals surface area contributed by atoms with Crippen LogP contribution in [-0.2, 0) is 0 Å². The van der Waals surface area contributed by atoms with Crippen molar-refractivity contribution in [1.29, 1.82) is 0 Å². The molecule has 0 saturated carbocycles. The van der Waals surface area contributed by atoms with Gasteiger partial charge in [-0.1, -0.05) is 152 Å². The van der Waals surface area contributed by atoms with Gasteiger partial charge in [0.15, 0.2) is 12.0 Å². The zero-order chi connectivity index (χ0) is 32.6. The number of fused-ring (bicyclic) bond motifs is 2. The Kier molecular flexibility index (Phi) is 7.14. The van der Waals surface area contributed by atoms with Crippen LogP contribution in [0.25, 0.3) is 88.9 Å². The number of hydrogen-bond acceptors (Lipinski definition) is 3. The molecule has 9 aromatic rings. The topological polar surface area (TPSA) is 38.9 Å². The molecule has 0 bridgehead atoms. The molecule has 0 aliphatic rings. The highest BCUT2D eigenvalue weighted by atomic mass is 16.3. The van der Waals surface area contributed by atoms with Gasteiger partial charge in [-0.15, -0.1) is 0 Å². The van der Waals surface area contributed by atoms with E-state index in [9.17, 15) is 0 Å². The second-order valence-corrected chi connectivity index (χ2v) is 12.2. The number of oxazole rings is 1. The van der Waals surface area contributed by atoms with Gasteiger partial charge in [-0.25, -0.2) is 9.97 Å². The molecule has 9 rings (SSSR count). The van der Waals surface area contributed by atoms with E-state index >= 15 is 0 Å². The highest BCUT2D eigenvalue weighted by Crippen LogP contribution is 2.41. The summed E-state index contributed by atoms with van der Waals surface area (Å²) >= 11 is 0. The molecule has 0 fully saturated rings. The Bertz CT molecular complexity index is 2530. The molecule has 3 nitrogen and oxygen atoms in total. The quantitative estimate of drug-likeness (QED) is 0.184. The number of para-hydroxylation sites is 1. The molecule has 2 aromatic heterocycles. The molecule has 0 spiro atoms. The van der Waals surface area contributed by atoms with Crippen molar-refractivity contribution in [2.24, 2.45) is 0 Å². The fourth-order valence-corrected chi connectivity index (χ4v) is 6.84. The minimum atomic E-state index is 0.787. The molecular formula is C46H30N2O. The molecule has 0 amide bonds. The lowest BCUT2D eigenvalue weighted by molar-refractivity contribution is 0.602. The fourth-order valence-electron chi connectivity index (χ4n) is 6.84. The summed E-state index contributed by atoms with van der Waals surface area (Å²) in [6, 6.07) is 62.1. The molecule has 0 unspecified atom stereocenters. The summed E-state index contributed by atoms with van der Waals surface area (Å²) in [4.78, 5) is 9.59. The van der Waals surface area contributed by atoms with Crippen LogP contribution in [0, 0.1) is 0 Å². The number of benzene rings is 7. The van der Waals surface area contributed by atoms with Gasteiger partial charge >= 0.3 is 0 Å². The van der Waals surface area contributed by atoms with Gasteiger partial charge in [-0.3, -0.25) is 0 Å². The zero-order valence-electron chi connectivity index (χ0n) is 26.6. The summed E-state index contributed by atoms with van der Waals surface area (Å²) in [6.07, 6.45) is 1.51. The minimum absolute atomic E-state index is 0.787. The molecule has 7 aromatic carbocycles. The first-order valence-electron chi connectivity index (χ1n) is 16.5. The van der Waals surface area contributed by atoms with E-state index in [1.54, 1.807) is 0 Å². The van der Waals surface area contributed by atoms with Gasteiger partial charge in [-0.05, 0) is 74.0 Å². The normalized spacial score (nSPS) is 11.3. The Balaban J connectivity index is 1.17. The average Bonchev–Trinajstić information content (AvgIpc) is 3.68. The Hall–Kier alpha value is -6.58. The first kappa shape index (κ1) is 28.6. The summed E-state index contributed by atoms with van der Waals surface area (Å²) in [7, 11) is 0. The molecule has 230 valence electrons. The van der Waals surface area contributed by atoms with Crippen molar-refractivity contribution in [3.63, 3.8) is 0 Å². The highest BCUT2D eigenvalue weighted by molar-refractivity contribution is 6.05. The number of pyridine rings is 1. The van der Waals surface area contributed by atoms with Gasteiger partial charge in [0.2, 0.25) is 0 Å². The minimum Gasteiger partial charge on any atom is -0.443 e. The van der Waals surface area contributed by atoms with Gasteiger partial charge in [0.1, 0.15) is 5.52 Å². The van der Waals surface area contributed by atoms with Crippen LogP contribution in [0.5, 0.6) is 0 Å². The molecule has 49 heavy (non-hydrogen) atoms. The largest absolute Gasteiger partial charge is 0.443 e. The van der Waals surface area contributed by atoms with Crippen LogP contribution in [0.3, 0.4) is 0 Å². The van der Waals surface area contributed by atoms with E-state index in [0.717, 1.165) is 61.4 Å². The van der Waals surface area contributed by atoms with Crippen molar-refractivity contribution >= 4 is 21.9 Å². The standard InChI is InChI=1S/C46H30N2O/c1-3-12-33(13-4-1)42-28-38(29-43(48-42)34-14-5-2-6-15-34)31-21-23-35(24-22-31)45-39-18-8-7-11-32(39)25-26-40(45)36-16-9-17-37(27-36)41-19-10-20-44-46(41)47-30-49-44/h1-30H. The fraction of sp³-hybridized carbons (Fsp3) is 0. The summed E-state index contributed by atoms with van der Waals surface area (Å²) in [6.45, 7) is 0. The van der Waals surface area contributed by atoms with Crippen LogP contribution in [0.4, 0.5) is 0 Å². The number of rotatable bonds is 6. The van der Waals surface area contributed by atoms with Gasteiger partial charge < -0.3 is 4.42 Å². The Morgan fingerprint density at radius 1 is 0.388 bits per heavy atom. The predicted molar refractivity (Wildman–Crippen MR) is 202 cm³/mol. The van der Waals surface area contributed by atoms with Crippen molar-refractivity contribution in [3.8, 4) is 67.0 Å². The van der Waals surface area contributed by atoms with Crippen LogP contribution in [0.15, 0.2) is 187 Å². The first-order valence-corrected chi connectivity index (χ1v) is 16.5. The Morgan fingerprint density at radius 2 is 1.00 bits per heavy atom. The van der Waals surface area contributed by atoms with E-state index in [-0.39, 0.29) is 0 Å². The summed E-state index contributed by atoms with van der Waals surface area (Å²) < 4.78 is 5.60. The van der Waals surface area contributed by atoms with Crippen LogP contribution in [0.1, 0.15) is 0 Å². The van der Waals surface area contributed by atoms with Crippen molar-refractivity contribution in [1.82, 2.24) is 9.97 Å². The van der Waals surface area contributed by atoms with Crippen LogP contribution in [0.2, 0.25) is 0 Å². The SMILES string of the molecule is c1ccc(-c2cc(-c3ccc(-c4c(-c5cccc(-c6cccc7ocnc67)c5)ccc5ccccc45)cc3)cc(-c3ccccc3)n2)cc1. The predicted octanol–water partition coefficient (Wildman–Crippen LogP) is 12.4. The maximum Gasteiger partial charge on any atom is 0.182 e. The van der Waals surface area contributed by atoms with Crippen molar-refractivity contribution < 1.29 is 4.42 Å². The van der Waals surface area contributed by atoms with Crippen molar-refractivity contribution in [2.45, 2.75) is 0 Å². The number of aromatic nitrogens is 2. The Labute approximate surface area is 284 Å². The number of hydrogen-bond donors (Lipinski definition) is 0. The van der Waals surface area contributed by atoms with Crippen molar-refractivity contribution in [2.75, 3.05) is 0 Å². The van der Waals surface area contributed by atoms with E-state index in [0.29, 0.717) is 0 Å². The molecule has 2 heterocycles. The third kappa shape index (κ3) is 5.38. The summed E-state index contributed by atoms with van der Waals surface area (Å²) in [5.74, 6) is 0. The molecule has 0 N–H and O–H groups in total. The zero-order valence-corrected chi connectivity index (χ0v) is 26.6. The molecule has 3 heteroatoms. The molecule has 0 saturated heterocycles. The van der Waals surface area contributed by atoms with Crippen LogP contribution in [-0.4, -0.2) is 9.97 Å². The average molecular weight is 627 g/mol. The van der Waals surface area contributed by atoms with Gasteiger partial charge in [0.25, 0.3) is 0 Å². The summed E-state index contributed by atoms with van der Waals surface area (Å²) in [5.41, 5.74) is 14.9. The molecular weight excluding hydrogens is 597 g/mol. The smallest absolute Gasteiger partial charge is 0.182 e. The van der Waals surface area contributed by atoms with Crippen LogP contribution >= 0.6 is 0 Å². The maximum atomic E-state index is 5.60. The van der Waals surface area contributed by atoms with E-state index in [4.69, 9.17) is 9.40 Å². The molecule has 0 aliphatic heterocycles. The Morgan fingerprint density at radius 3 is 1.73 bits per heavy atom. The highest BCUT2D eigenvalue weighted by Gasteiger charge is 2.15. The van der Waals surface area contributed by atoms with Gasteiger partial charge in [0, 0.05) is 16.7 Å². The van der Waals surface area contributed by atoms with E-state index in [1.807, 2.05) is 24.3 Å². The molecule has 0 aliphatic carbocycles. The monoisotopic (exact) mass is 626 g/mol. The lowest BCUT2D eigenvalue weighted by Gasteiger charge is -2.16. The van der Waals surface area contributed by atoms with Crippen molar-refractivity contribution in [3.05, 3.63) is 182 Å². The van der Waals surface area contributed by atoms with E-state index < -0.39 is 0 Å². The van der Waals surface area contributed by atoms with Gasteiger partial charge in [0.05, 0.1) is 11.4 Å². The maximum absolute atomic E-state index is 5.60. The first-order chi connectivity index (χ1) is 24.3. The molecule has 0 atom stereocenters. The lowest BCUT2D eigenvalue weighted by atomic mass is 9.88. The van der Waals surface area contributed by atoms with E-state index in [2.05, 4.69) is 157 Å². The second-order valence-electron chi connectivity index (χ2n) is 12.2. The second kappa shape index (κ2) is 12.2. The summed E-state index contributed by atoms with van der Waals surface area (Å²) in [5, 5.41) is 2.43. The molecule has 0 radical (unpaired) electrons. The van der Waals surface area contributed by atoms with Gasteiger partial charge in [-0.2, -0.15) is 0 Å². The van der Waals surface area contributed by atoms with Crippen LogP contribution < -0.4 is 0 Å². The third-order valence-corrected chi connectivity index (χ3v) is 9.25. The van der Waals surface area contributed by atoms with E-state index in [1.165, 1.54) is 33.9 Å². The lowest BCUT2D eigenvalue weighted by Crippen LogP contribution is -1.92.